The van der Waals surface area contributed by atoms with Crippen LogP contribution in [0.25, 0.3) is 10.8 Å². The molecule has 1 N–H and O–H groups in total. The lowest BCUT2D eigenvalue weighted by molar-refractivity contribution is 0.438. The maximum atomic E-state index is 3.66. The quantitative estimate of drug-likeness (QED) is 0.754. The topological polar surface area (TPSA) is 15.3 Å². The Kier molecular flexibility index (Phi) is 3.53. The Bertz CT molecular complexity index is 759. The predicted molar refractivity (Wildman–Crippen MR) is 93.1 cm³/mol. The fraction of sp³-hybridized carbons (Fsp3) is 0.200. The van der Waals surface area contributed by atoms with E-state index in [9.17, 15) is 0 Å². The molecule has 0 aromatic heterocycles. The lowest BCUT2D eigenvalue weighted by Crippen LogP contribution is -2.43. The summed E-state index contributed by atoms with van der Waals surface area (Å²) in [5.41, 5.74) is 2.69. The van der Waals surface area contributed by atoms with Crippen LogP contribution in [0, 0.1) is 0 Å². The molecule has 1 atom stereocenters. The fourth-order valence-corrected chi connectivity index (χ4v) is 3.25. The van der Waals surface area contributed by atoms with Gasteiger partial charge in [0.2, 0.25) is 0 Å². The van der Waals surface area contributed by atoms with Crippen molar-refractivity contribution in [3.05, 3.63) is 78.4 Å². The second-order valence-electron chi connectivity index (χ2n) is 5.91. The molecular weight excluding hydrogens is 268 g/mol. The molecule has 1 unspecified atom stereocenters. The van der Waals surface area contributed by atoms with Gasteiger partial charge < -0.3 is 4.90 Å². The smallest absolute Gasteiger partial charge is 0.0686 e. The Labute approximate surface area is 131 Å². The van der Waals surface area contributed by atoms with Gasteiger partial charge >= 0.3 is 0 Å². The van der Waals surface area contributed by atoms with E-state index in [2.05, 4.69) is 83.0 Å². The van der Waals surface area contributed by atoms with Crippen molar-refractivity contribution in [1.29, 1.82) is 0 Å². The Morgan fingerprint density at radius 3 is 2.36 bits per heavy atom. The average Bonchev–Trinajstić information content (AvgIpc) is 2.62. The van der Waals surface area contributed by atoms with Gasteiger partial charge in [0.25, 0.3) is 0 Å². The summed E-state index contributed by atoms with van der Waals surface area (Å²) in [5.74, 6) is 0. The zero-order chi connectivity index (χ0) is 14.8. The number of nitrogens with zero attached hydrogens (tertiary/aromatic N) is 1. The molecule has 2 nitrogen and oxygen atoms in total. The average molecular weight is 288 g/mol. The normalized spacial score (nSPS) is 18.5. The van der Waals surface area contributed by atoms with E-state index in [1.807, 2.05) is 0 Å². The monoisotopic (exact) mass is 288 g/mol. The molecule has 3 aromatic rings. The lowest BCUT2D eigenvalue weighted by Gasteiger charge is -2.35. The van der Waals surface area contributed by atoms with Crippen molar-refractivity contribution in [2.45, 2.75) is 12.5 Å². The van der Waals surface area contributed by atoms with Gasteiger partial charge in [0.05, 0.1) is 6.67 Å². The molecule has 0 saturated carbocycles. The Morgan fingerprint density at radius 2 is 1.59 bits per heavy atom. The molecular formula is C20H20N2. The van der Waals surface area contributed by atoms with Crippen LogP contribution in [-0.4, -0.2) is 13.2 Å². The van der Waals surface area contributed by atoms with Gasteiger partial charge in [-0.3, -0.25) is 5.32 Å². The van der Waals surface area contributed by atoms with Crippen LogP contribution in [-0.2, 0) is 0 Å². The second kappa shape index (κ2) is 5.82. The van der Waals surface area contributed by atoms with Gasteiger partial charge in [-0.05, 0) is 34.9 Å². The molecule has 1 aliphatic heterocycles. The molecule has 3 aromatic carbocycles. The van der Waals surface area contributed by atoms with Gasteiger partial charge in [-0.1, -0.05) is 60.7 Å². The molecule has 0 bridgehead atoms. The maximum absolute atomic E-state index is 3.66. The number of benzene rings is 3. The lowest BCUT2D eigenvalue weighted by atomic mass is 10.0. The zero-order valence-electron chi connectivity index (χ0n) is 12.6. The van der Waals surface area contributed by atoms with E-state index in [1.54, 1.807) is 0 Å². The fourth-order valence-electron chi connectivity index (χ4n) is 3.25. The molecule has 2 heteroatoms. The van der Waals surface area contributed by atoms with Crippen molar-refractivity contribution in [2.75, 3.05) is 18.1 Å². The first-order valence-electron chi connectivity index (χ1n) is 7.92. The number of fused-ring (bicyclic) bond motifs is 1. The standard InChI is InChI=1S/C20H20N2/c1-2-7-17(8-3-1)20-12-13-22(15-21-20)19-11-10-16-6-4-5-9-18(16)14-19/h1-11,14,20-21H,12-13,15H2. The highest BCUT2D eigenvalue weighted by atomic mass is 15.3. The molecule has 4 rings (SSSR count). The highest BCUT2D eigenvalue weighted by molar-refractivity contribution is 5.85. The third-order valence-electron chi connectivity index (χ3n) is 4.52. The largest absolute Gasteiger partial charge is 0.359 e. The van der Waals surface area contributed by atoms with Crippen LogP contribution < -0.4 is 10.2 Å². The Hall–Kier alpha value is -2.32. The molecule has 110 valence electrons. The van der Waals surface area contributed by atoms with Gasteiger partial charge in [0.1, 0.15) is 0 Å². The molecule has 1 saturated heterocycles. The summed E-state index contributed by atoms with van der Waals surface area (Å²) in [6.45, 7) is 1.99. The first-order chi connectivity index (χ1) is 10.9. The summed E-state index contributed by atoms with van der Waals surface area (Å²) in [6, 6.07) is 26.5. The SMILES string of the molecule is c1ccc(C2CCN(c3ccc4ccccc4c3)CN2)cc1. The minimum atomic E-state index is 0.470. The molecule has 1 aliphatic rings. The van der Waals surface area contributed by atoms with Gasteiger partial charge in [-0.25, -0.2) is 0 Å². The van der Waals surface area contributed by atoms with Crippen LogP contribution in [0.15, 0.2) is 72.8 Å². The number of hydrogen-bond donors (Lipinski definition) is 1. The van der Waals surface area contributed by atoms with Crippen LogP contribution in [0.3, 0.4) is 0 Å². The van der Waals surface area contributed by atoms with Crippen LogP contribution in [0.2, 0.25) is 0 Å². The number of hydrogen-bond acceptors (Lipinski definition) is 2. The van der Waals surface area contributed by atoms with E-state index in [4.69, 9.17) is 0 Å². The summed E-state index contributed by atoms with van der Waals surface area (Å²) in [5, 5.41) is 6.27. The van der Waals surface area contributed by atoms with E-state index in [0.29, 0.717) is 6.04 Å². The van der Waals surface area contributed by atoms with Crippen molar-refractivity contribution in [3.8, 4) is 0 Å². The van der Waals surface area contributed by atoms with Crippen molar-refractivity contribution >= 4 is 16.5 Å². The first-order valence-corrected chi connectivity index (χ1v) is 7.92. The van der Waals surface area contributed by atoms with Crippen molar-refractivity contribution < 1.29 is 0 Å². The summed E-state index contributed by atoms with van der Waals surface area (Å²) < 4.78 is 0. The maximum Gasteiger partial charge on any atom is 0.0686 e. The molecule has 0 radical (unpaired) electrons. The van der Waals surface area contributed by atoms with Gasteiger partial charge in [0.15, 0.2) is 0 Å². The van der Waals surface area contributed by atoms with Crippen LogP contribution in [0.5, 0.6) is 0 Å². The van der Waals surface area contributed by atoms with Crippen molar-refractivity contribution in [1.82, 2.24) is 5.32 Å². The Morgan fingerprint density at radius 1 is 0.818 bits per heavy atom. The van der Waals surface area contributed by atoms with E-state index < -0.39 is 0 Å². The van der Waals surface area contributed by atoms with Crippen LogP contribution in [0.4, 0.5) is 5.69 Å². The third kappa shape index (κ3) is 2.58. The zero-order valence-corrected chi connectivity index (χ0v) is 12.6. The van der Waals surface area contributed by atoms with Crippen molar-refractivity contribution in [3.63, 3.8) is 0 Å². The highest BCUT2D eigenvalue weighted by Crippen LogP contribution is 2.26. The van der Waals surface area contributed by atoms with E-state index in [1.165, 1.54) is 22.0 Å². The first kappa shape index (κ1) is 13.4. The number of rotatable bonds is 2. The summed E-state index contributed by atoms with van der Waals surface area (Å²) >= 11 is 0. The summed E-state index contributed by atoms with van der Waals surface area (Å²) in [4.78, 5) is 2.42. The van der Waals surface area contributed by atoms with Crippen LogP contribution in [0.1, 0.15) is 18.0 Å². The molecule has 0 amide bonds. The molecule has 0 aliphatic carbocycles. The molecule has 1 heterocycles. The molecule has 22 heavy (non-hydrogen) atoms. The second-order valence-corrected chi connectivity index (χ2v) is 5.91. The van der Waals surface area contributed by atoms with Gasteiger partial charge in [0, 0.05) is 18.3 Å². The minimum Gasteiger partial charge on any atom is -0.359 e. The summed E-state index contributed by atoms with van der Waals surface area (Å²) in [6.07, 6.45) is 1.14. The van der Waals surface area contributed by atoms with Gasteiger partial charge in [-0.2, -0.15) is 0 Å². The summed E-state index contributed by atoms with van der Waals surface area (Å²) in [7, 11) is 0. The predicted octanol–water partition coefficient (Wildman–Crippen LogP) is 4.34. The minimum absolute atomic E-state index is 0.470. The van der Waals surface area contributed by atoms with Crippen LogP contribution >= 0.6 is 0 Å². The molecule has 1 fully saturated rings. The van der Waals surface area contributed by atoms with E-state index >= 15 is 0 Å². The van der Waals surface area contributed by atoms with E-state index in [0.717, 1.165) is 19.6 Å². The number of nitrogens with one attached hydrogen (secondary N) is 1. The number of anilines is 1. The Balaban J connectivity index is 1.50. The third-order valence-corrected chi connectivity index (χ3v) is 4.52. The van der Waals surface area contributed by atoms with Crippen molar-refractivity contribution in [2.24, 2.45) is 0 Å². The van der Waals surface area contributed by atoms with Gasteiger partial charge in [-0.15, -0.1) is 0 Å². The highest BCUT2D eigenvalue weighted by Gasteiger charge is 2.19. The van der Waals surface area contributed by atoms with E-state index in [-0.39, 0.29) is 0 Å². The molecule has 0 spiro atoms.